The molecule has 0 saturated heterocycles. The lowest BCUT2D eigenvalue weighted by atomic mass is 10.1. The number of benzene rings is 1. The summed E-state index contributed by atoms with van der Waals surface area (Å²) in [5.41, 5.74) is 2.73. The molecule has 1 N–H and O–H groups in total. The lowest BCUT2D eigenvalue weighted by Crippen LogP contribution is -2.22. The van der Waals surface area contributed by atoms with Gasteiger partial charge in [-0.1, -0.05) is 24.3 Å². The van der Waals surface area contributed by atoms with Crippen molar-refractivity contribution in [2.24, 2.45) is 0 Å². The molecule has 3 heterocycles. The van der Waals surface area contributed by atoms with Gasteiger partial charge in [-0.3, -0.25) is 4.79 Å². The topological polar surface area (TPSA) is 94.6 Å². The number of amides is 1. The minimum atomic E-state index is -0.629. The number of rotatable bonds is 7. The number of aromatic nitrogens is 1. The Bertz CT molecular complexity index is 1380. The van der Waals surface area contributed by atoms with E-state index in [9.17, 15) is 14.4 Å². The Morgan fingerprint density at radius 3 is 2.56 bits per heavy atom. The van der Waals surface area contributed by atoms with Gasteiger partial charge < -0.3 is 14.8 Å². The number of aryl methyl sites for hydroxylation is 1. The number of carbonyl (C=O) groups excluding carboxylic acids is 3. The van der Waals surface area contributed by atoms with Crippen LogP contribution in [0.1, 0.15) is 38.1 Å². The first-order chi connectivity index (χ1) is 16.4. The SMILES string of the molecule is CCOC(=O)c1c(NC(=O)COC(=O)c2cc(-c3cccs3)nc3ccccc23)sc(C)c1C. The third-order valence-electron chi connectivity index (χ3n) is 5.16. The molecule has 1 aromatic carbocycles. The van der Waals surface area contributed by atoms with Crippen LogP contribution in [-0.2, 0) is 14.3 Å². The molecule has 4 rings (SSSR count). The quantitative estimate of drug-likeness (QED) is 0.336. The number of carbonyl (C=O) groups is 3. The molecular formula is C25H22N2O5S2. The number of ether oxygens (including phenoxy) is 2. The largest absolute Gasteiger partial charge is 0.462 e. The Kier molecular flexibility index (Phi) is 7.04. The molecule has 0 saturated carbocycles. The Morgan fingerprint density at radius 1 is 1.03 bits per heavy atom. The van der Waals surface area contributed by atoms with E-state index in [1.165, 1.54) is 22.7 Å². The zero-order valence-corrected chi connectivity index (χ0v) is 20.5. The summed E-state index contributed by atoms with van der Waals surface area (Å²) in [5.74, 6) is -1.67. The maximum atomic E-state index is 13.0. The second-order valence-corrected chi connectivity index (χ2v) is 9.55. The summed E-state index contributed by atoms with van der Waals surface area (Å²) in [6, 6.07) is 12.8. The molecular weight excluding hydrogens is 472 g/mol. The molecule has 0 fully saturated rings. The van der Waals surface area contributed by atoms with E-state index >= 15 is 0 Å². The first kappa shape index (κ1) is 23.6. The molecule has 1 amide bonds. The van der Waals surface area contributed by atoms with Crippen LogP contribution in [0.2, 0.25) is 0 Å². The van der Waals surface area contributed by atoms with Gasteiger partial charge in [-0.25, -0.2) is 14.6 Å². The van der Waals surface area contributed by atoms with Crippen molar-refractivity contribution in [3.8, 4) is 10.6 Å². The smallest absolute Gasteiger partial charge is 0.341 e. The molecule has 3 aromatic heterocycles. The van der Waals surface area contributed by atoms with Crippen LogP contribution in [0.15, 0.2) is 47.8 Å². The van der Waals surface area contributed by atoms with Crippen molar-refractivity contribution >= 4 is 56.4 Å². The van der Waals surface area contributed by atoms with Crippen LogP contribution in [0.4, 0.5) is 5.00 Å². The first-order valence-electron chi connectivity index (χ1n) is 10.6. The van der Waals surface area contributed by atoms with Gasteiger partial charge in [0, 0.05) is 10.3 Å². The van der Waals surface area contributed by atoms with Gasteiger partial charge in [0.25, 0.3) is 5.91 Å². The standard InChI is InChI=1S/C25H22N2O5S2/c1-4-31-25(30)22-14(2)15(3)34-23(22)27-21(28)13-32-24(29)17-12-19(20-10-7-11-33-20)26-18-9-6-5-8-16(17)18/h5-12H,4,13H2,1-3H3,(H,27,28). The average molecular weight is 495 g/mol. The van der Waals surface area contributed by atoms with E-state index in [0.717, 1.165) is 15.3 Å². The molecule has 0 aliphatic heterocycles. The summed E-state index contributed by atoms with van der Waals surface area (Å²) in [7, 11) is 0. The van der Waals surface area contributed by atoms with Crippen molar-refractivity contribution in [1.29, 1.82) is 0 Å². The van der Waals surface area contributed by atoms with Crippen LogP contribution in [-0.4, -0.2) is 36.0 Å². The third kappa shape index (κ3) is 4.85. The maximum Gasteiger partial charge on any atom is 0.341 e. The van der Waals surface area contributed by atoms with Crippen molar-refractivity contribution < 1.29 is 23.9 Å². The summed E-state index contributed by atoms with van der Waals surface area (Å²) in [4.78, 5) is 44.3. The van der Waals surface area contributed by atoms with Gasteiger partial charge in [0.15, 0.2) is 6.61 Å². The molecule has 0 spiro atoms. The number of nitrogens with zero attached hydrogens (tertiary/aromatic N) is 1. The molecule has 174 valence electrons. The van der Waals surface area contributed by atoms with E-state index in [2.05, 4.69) is 10.3 Å². The Balaban J connectivity index is 1.52. The van der Waals surface area contributed by atoms with Gasteiger partial charge in [-0.15, -0.1) is 22.7 Å². The number of nitrogens with one attached hydrogen (secondary N) is 1. The number of pyridine rings is 1. The summed E-state index contributed by atoms with van der Waals surface area (Å²) < 4.78 is 10.4. The van der Waals surface area contributed by atoms with Crippen molar-refractivity contribution in [2.75, 3.05) is 18.5 Å². The highest BCUT2D eigenvalue weighted by molar-refractivity contribution is 7.16. The van der Waals surface area contributed by atoms with Crippen LogP contribution in [0.25, 0.3) is 21.5 Å². The molecule has 0 unspecified atom stereocenters. The summed E-state index contributed by atoms with van der Waals surface area (Å²) in [6.45, 7) is 5.11. The molecule has 0 bridgehead atoms. The highest BCUT2D eigenvalue weighted by atomic mass is 32.1. The summed E-state index contributed by atoms with van der Waals surface area (Å²) in [5, 5.41) is 5.64. The van der Waals surface area contributed by atoms with E-state index in [4.69, 9.17) is 9.47 Å². The average Bonchev–Trinajstić information content (AvgIpc) is 3.45. The van der Waals surface area contributed by atoms with Crippen LogP contribution >= 0.6 is 22.7 Å². The fourth-order valence-electron chi connectivity index (χ4n) is 3.43. The van der Waals surface area contributed by atoms with Gasteiger partial charge in [0.05, 0.1) is 33.8 Å². The predicted octanol–water partition coefficient (Wildman–Crippen LogP) is 5.61. The van der Waals surface area contributed by atoms with Gasteiger partial charge in [0.1, 0.15) is 5.00 Å². The normalized spacial score (nSPS) is 10.8. The van der Waals surface area contributed by atoms with E-state index in [1.807, 2.05) is 42.6 Å². The number of thiophene rings is 2. The second-order valence-electron chi connectivity index (χ2n) is 7.38. The Hall–Kier alpha value is -3.56. The van der Waals surface area contributed by atoms with Gasteiger partial charge in [-0.2, -0.15) is 0 Å². The minimum Gasteiger partial charge on any atom is -0.462 e. The summed E-state index contributed by atoms with van der Waals surface area (Å²) >= 11 is 2.80. The molecule has 0 radical (unpaired) electrons. The van der Waals surface area contributed by atoms with Crippen molar-refractivity contribution in [3.05, 3.63) is 69.4 Å². The number of para-hydroxylation sites is 1. The zero-order valence-electron chi connectivity index (χ0n) is 18.8. The van der Waals surface area contributed by atoms with Gasteiger partial charge in [0.2, 0.25) is 0 Å². The molecule has 0 aliphatic carbocycles. The molecule has 4 aromatic rings. The molecule has 9 heteroatoms. The summed E-state index contributed by atoms with van der Waals surface area (Å²) in [6.07, 6.45) is 0. The van der Waals surface area contributed by atoms with E-state index in [0.29, 0.717) is 32.7 Å². The first-order valence-corrected chi connectivity index (χ1v) is 12.3. The predicted molar refractivity (Wildman–Crippen MR) is 134 cm³/mol. The van der Waals surface area contributed by atoms with Crippen LogP contribution in [0, 0.1) is 13.8 Å². The fourth-order valence-corrected chi connectivity index (χ4v) is 5.18. The second kappa shape index (κ2) is 10.1. The van der Waals surface area contributed by atoms with E-state index in [1.54, 1.807) is 26.0 Å². The maximum absolute atomic E-state index is 13.0. The number of hydrogen-bond donors (Lipinski definition) is 1. The van der Waals surface area contributed by atoms with Crippen molar-refractivity contribution in [1.82, 2.24) is 4.98 Å². The number of anilines is 1. The monoisotopic (exact) mass is 494 g/mol. The van der Waals surface area contributed by atoms with Crippen molar-refractivity contribution in [3.63, 3.8) is 0 Å². The van der Waals surface area contributed by atoms with Gasteiger partial charge in [-0.05, 0) is 49.9 Å². The molecule has 0 atom stereocenters. The molecule has 7 nitrogen and oxygen atoms in total. The molecule has 34 heavy (non-hydrogen) atoms. The Morgan fingerprint density at radius 2 is 1.82 bits per heavy atom. The number of esters is 2. The lowest BCUT2D eigenvalue weighted by Gasteiger charge is -2.10. The zero-order chi connectivity index (χ0) is 24.2. The van der Waals surface area contributed by atoms with E-state index < -0.39 is 24.5 Å². The van der Waals surface area contributed by atoms with Crippen molar-refractivity contribution in [2.45, 2.75) is 20.8 Å². The van der Waals surface area contributed by atoms with Crippen LogP contribution < -0.4 is 5.32 Å². The van der Waals surface area contributed by atoms with Crippen LogP contribution in [0.3, 0.4) is 0 Å². The van der Waals surface area contributed by atoms with E-state index in [-0.39, 0.29) is 6.61 Å². The highest BCUT2D eigenvalue weighted by Crippen LogP contribution is 2.33. The Labute approximate surface area is 204 Å². The molecule has 0 aliphatic rings. The lowest BCUT2D eigenvalue weighted by molar-refractivity contribution is -0.119. The third-order valence-corrected chi connectivity index (χ3v) is 7.18. The number of hydrogen-bond acceptors (Lipinski definition) is 8. The highest BCUT2D eigenvalue weighted by Gasteiger charge is 2.23. The fraction of sp³-hybridized carbons (Fsp3) is 0.200. The van der Waals surface area contributed by atoms with Crippen LogP contribution in [0.5, 0.6) is 0 Å². The van der Waals surface area contributed by atoms with Gasteiger partial charge >= 0.3 is 11.9 Å². The minimum absolute atomic E-state index is 0.228. The number of fused-ring (bicyclic) bond motifs is 1.